The number of halogens is 1. The molecule has 0 aromatic carbocycles. The topological polar surface area (TPSA) is 41.6 Å². The summed E-state index contributed by atoms with van der Waals surface area (Å²) in [7, 11) is 1.76. The first-order chi connectivity index (χ1) is 9.69. The van der Waals surface area contributed by atoms with Crippen molar-refractivity contribution in [3.8, 4) is 0 Å². The largest absolute Gasteiger partial charge is 0.444 e. The molecule has 0 fully saturated rings. The van der Waals surface area contributed by atoms with Gasteiger partial charge in [-0.1, -0.05) is 11.6 Å². The second-order valence-corrected chi connectivity index (χ2v) is 7.82. The van der Waals surface area contributed by atoms with Crippen molar-refractivity contribution in [3.63, 3.8) is 0 Å². The van der Waals surface area contributed by atoms with E-state index in [1.54, 1.807) is 23.3 Å². The van der Waals surface area contributed by atoms with Gasteiger partial charge in [0.05, 0.1) is 4.34 Å². The monoisotopic (exact) mass is 332 g/mol. The number of carbonyl (C=O) groups excluding carboxylic acids is 1. The molecule has 1 amide bonds. The van der Waals surface area contributed by atoms with Crippen LogP contribution in [-0.4, -0.2) is 36.7 Å². The number of amides is 1. The van der Waals surface area contributed by atoms with E-state index < -0.39 is 5.60 Å². The van der Waals surface area contributed by atoms with Crippen molar-refractivity contribution in [2.45, 2.75) is 45.8 Å². The van der Waals surface area contributed by atoms with Crippen LogP contribution in [0.4, 0.5) is 4.79 Å². The molecule has 1 unspecified atom stereocenters. The molecule has 0 saturated heterocycles. The van der Waals surface area contributed by atoms with Gasteiger partial charge >= 0.3 is 6.09 Å². The van der Waals surface area contributed by atoms with Crippen molar-refractivity contribution in [3.05, 3.63) is 21.3 Å². The molecule has 6 heteroatoms. The zero-order valence-corrected chi connectivity index (χ0v) is 15.0. The highest BCUT2D eigenvalue weighted by Gasteiger charge is 2.19. The van der Waals surface area contributed by atoms with E-state index in [1.165, 1.54) is 4.88 Å². The molecule has 1 atom stereocenters. The number of hydrogen-bond donors (Lipinski definition) is 1. The summed E-state index contributed by atoms with van der Waals surface area (Å²) in [6.45, 7) is 9.22. The Balaban J connectivity index is 2.23. The first-order valence-electron chi connectivity index (χ1n) is 7.12. The van der Waals surface area contributed by atoms with Crippen LogP contribution in [0.3, 0.4) is 0 Å². The van der Waals surface area contributed by atoms with E-state index in [9.17, 15) is 4.79 Å². The smallest absolute Gasteiger partial charge is 0.410 e. The maximum atomic E-state index is 11.8. The van der Waals surface area contributed by atoms with Crippen molar-refractivity contribution < 1.29 is 9.53 Å². The number of hydrogen-bond acceptors (Lipinski definition) is 4. The SMILES string of the molecule is CC(NCCCN(C)C(=O)OC(C)(C)C)c1ccc(Cl)s1. The van der Waals surface area contributed by atoms with Gasteiger partial charge in [-0.25, -0.2) is 4.79 Å². The van der Waals surface area contributed by atoms with Crippen LogP contribution in [0.15, 0.2) is 12.1 Å². The standard InChI is InChI=1S/C15H25ClN2O2S/c1-11(12-7-8-13(16)21-12)17-9-6-10-18(5)14(19)20-15(2,3)4/h7-8,11,17H,6,9-10H2,1-5H3. The zero-order chi connectivity index (χ0) is 16.0. The van der Waals surface area contributed by atoms with Crippen molar-refractivity contribution >= 4 is 29.0 Å². The average Bonchev–Trinajstić information content (AvgIpc) is 2.78. The normalized spacial score (nSPS) is 13.0. The zero-order valence-electron chi connectivity index (χ0n) is 13.4. The quantitative estimate of drug-likeness (QED) is 0.789. The Morgan fingerprint density at radius 1 is 1.48 bits per heavy atom. The van der Waals surface area contributed by atoms with Crippen LogP contribution in [-0.2, 0) is 4.74 Å². The summed E-state index contributed by atoms with van der Waals surface area (Å²) in [5.74, 6) is 0. The maximum absolute atomic E-state index is 11.8. The van der Waals surface area contributed by atoms with Crippen LogP contribution in [0.25, 0.3) is 0 Å². The Hall–Kier alpha value is -0.780. The molecular formula is C15H25ClN2O2S. The molecule has 0 aliphatic rings. The molecule has 0 radical (unpaired) electrons. The van der Waals surface area contributed by atoms with Gasteiger partial charge in [-0.05, 0) is 52.8 Å². The lowest BCUT2D eigenvalue weighted by atomic mass is 10.2. The van der Waals surface area contributed by atoms with Gasteiger partial charge in [0, 0.05) is 24.5 Å². The Kier molecular flexibility index (Phi) is 6.97. The summed E-state index contributed by atoms with van der Waals surface area (Å²) in [6, 6.07) is 4.22. The number of thiophene rings is 1. The molecule has 0 saturated carbocycles. The fourth-order valence-corrected chi connectivity index (χ4v) is 2.82. The first kappa shape index (κ1) is 18.3. The molecule has 1 aromatic heterocycles. The average molecular weight is 333 g/mol. The number of ether oxygens (including phenoxy) is 1. The third-order valence-corrected chi connectivity index (χ3v) is 4.26. The van der Waals surface area contributed by atoms with E-state index in [1.807, 2.05) is 32.9 Å². The minimum atomic E-state index is -0.448. The molecule has 0 bridgehead atoms. The summed E-state index contributed by atoms with van der Waals surface area (Å²) < 4.78 is 6.11. The summed E-state index contributed by atoms with van der Waals surface area (Å²) in [5.41, 5.74) is -0.448. The molecule has 0 spiro atoms. The molecule has 120 valence electrons. The molecular weight excluding hydrogens is 308 g/mol. The van der Waals surface area contributed by atoms with Gasteiger partial charge in [0.15, 0.2) is 0 Å². The summed E-state index contributed by atoms with van der Waals surface area (Å²) in [4.78, 5) is 14.6. The van der Waals surface area contributed by atoms with Crippen molar-refractivity contribution in [1.82, 2.24) is 10.2 Å². The van der Waals surface area contributed by atoms with E-state index in [4.69, 9.17) is 16.3 Å². The van der Waals surface area contributed by atoms with Gasteiger partial charge in [-0.2, -0.15) is 0 Å². The van der Waals surface area contributed by atoms with Crippen LogP contribution in [0.2, 0.25) is 4.34 Å². The summed E-state index contributed by atoms with van der Waals surface area (Å²) in [6.07, 6.45) is 0.597. The number of nitrogens with one attached hydrogen (secondary N) is 1. The summed E-state index contributed by atoms with van der Waals surface area (Å²) in [5, 5.41) is 3.43. The molecule has 21 heavy (non-hydrogen) atoms. The maximum Gasteiger partial charge on any atom is 0.410 e. The predicted molar refractivity (Wildman–Crippen MR) is 89.2 cm³/mol. The molecule has 0 aliphatic heterocycles. The third-order valence-electron chi connectivity index (χ3n) is 2.85. The Morgan fingerprint density at radius 2 is 2.14 bits per heavy atom. The molecule has 1 heterocycles. The van der Waals surface area contributed by atoms with Crippen LogP contribution in [0.1, 0.15) is 45.0 Å². The van der Waals surface area contributed by atoms with Gasteiger partial charge in [0.1, 0.15) is 5.60 Å². The van der Waals surface area contributed by atoms with E-state index in [0.29, 0.717) is 6.54 Å². The van der Waals surface area contributed by atoms with Gasteiger partial charge in [0.2, 0.25) is 0 Å². The first-order valence-corrected chi connectivity index (χ1v) is 8.31. The van der Waals surface area contributed by atoms with E-state index in [-0.39, 0.29) is 12.1 Å². The lowest BCUT2D eigenvalue weighted by molar-refractivity contribution is 0.0297. The molecule has 1 rings (SSSR count). The lowest BCUT2D eigenvalue weighted by Crippen LogP contribution is -2.35. The molecule has 1 N–H and O–H groups in total. The Bertz CT molecular complexity index is 457. The van der Waals surface area contributed by atoms with Gasteiger partial charge in [0.25, 0.3) is 0 Å². The van der Waals surface area contributed by atoms with E-state index >= 15 is 0 Å². The highest BCUT2D eigenvalue weighted by Crippen LogP contribution is 2.26. The van der Waals surface area contributed by atoms with Gasteiger partial charge < -0.3 is 15.0 Å². The minimum absolute atomic E-state index is 0.273. The Morgan fingerprint density at radius 3 is 2.67 bits per heavy atom. The Labute approximate surface area is 136 Å². The molecule has 4 nitrogen and oxygen atoms in total. The number of rotatable bonds is 6. The minimum Gasteiger partial charge on any atom is -0.444 e. The van der Waals surface area contributed by atoms with Gasteiger partial charge in [-0.3, -0.25) is 0 Å². The van der Waals surface area contributed by atoms with Gasteiger partial charge in [-0.15, -0.1) is 11.3 Å². The molecule has 1 aromatic rings. The molecule has 0 aliphatic carbocycles. The highest BCUT2D eigenvalue weighted by atomic mass is 35.5. The van der Waals surface area contributed by atoms with Crippen molar-refractivity contribution in [2.75, 3.05) is 20.1 Å². The fraction of sp³-hybridized carbons (Fsp3) is 0.667. The van der Waals surface area contributed by atoms with Crippen LogP contribution in [0, 0.1) is 0 Å². The van der Waals surface area contributed by atoms with Crippen molar-refractivity contribution in [2.24, 2.45) is 0 Å². The van der Waals surface area contributed by atoms with Crippen LogP contribution >= 0.6 is 22.9 Å². The lowest BCUT2D eigenvalue weighted by Gasteiger charge is -2.24. The highest BCUT2D eigenvalue weighted by molar-refractivity contribution is 7.16. The van der Waals surface area contributed by atoms with Crippen LogP contribution < -0.4 is 5.32 Å². The second-order valence-electron chi connectivity index (χ2n) is 6.07. The van der Waals surface area contributed by atoms with E-state index in [0.717, 1.165) is 17.3 Å². The second kappa shape index (κ2) is 8.01. The van der Waals surface area contributed by atoms with Crippen LogP contribution in [0.5, 0.6) is 0 Å². The number of carbonyl (C=O) groups is 1. The summed E-state index contributed by atoms with van der Waals surface area (Å²) >= 11 is 7.52. The fourth-order valence-electron chi connectivity index (χ4n) is 1.73. The number of nitrogens with zero attached hydrogens (tertiary/aromatic N) is 1. The predicted octanol–water partition coefficient (Wildman–Crippen LogP) is 4.31. The van der Waals surface area contributed by atoms with E-state index in [2.05, 4.69) is 12.2 Å². The third kappa shape index (κ3) is 7.16. The van der Waals surface area contributed by atoms with Crippen molar-refractivity contribution in [1.29, 1.82) is 0 Å².